The van der Waals surface area contributed by atoms with E-state index < -0.39 is 20.4 Å². The minimum Gasteiger partial charge on any atom is -0.265 e. The molecule has 0 saturated carbocycles. The minimum atomic E-state index is -4.03. The molecule has 0 aromatic rings. The predicted octanol–water partition coefficient (Wildman–Crippen LogP) is 0.756. The molecular weight excluding hydrogens is 198 g/mol. The van der Waals surface area contributed by atoms with E-state index in [2.05, 4.69) is 4.18 Å². The van der Waals surface area contributed by atoms with Crippen LogP contribution in [-0.4, -0.2) is 25.3 Å². The van der Waals surface area contributed by atoms with Crippen molar-refractivity contribution >= 4 is 10.1 Å². The first-order valence-electron chi connectivity index (χ1n) is 3.97. The van der Waals surface area contributed by atoms with E-state index in [0.29, 0.717) is 6.42 Å². The summed E-state index contributed by atoms with van der Waals surface area (Å²) in [5, 5.41) is 8.73. The van der Waals surface area contributed by atoms with Gasteiger partial charge >= 0.3 is 15.5 Å². The molecule has 13 heavy (non-hydrogen) atoms. The summed E-state index contributed by atoms with van der Waals surface area (Å²) >= 11 is 0. The molecule has 0 heterocycles. The molecule has 0 N–H and O–H groups in total. The van der Waals surface area contributed by atoms with Gasteiger partial charge in [-0.15, -0.1) is 0 Å². The van der Waals surface area contributed by atoms with Crippen molar-refractivity contribution in [3.8, 4) is 0 Å². The second-order valence-electron chi connectivity index (χ2n) is 2.43. The number of hydrogen-bond acceptors (Lipinski definition) is 5. The lowest BCUT2D eigenvalue weighted by atomic mass is 10.3. The number of rotatable bonds is 6. The van der Waals surface area contributed by atoms with Crippen LogP contribution in [0.4, 0.5) is 0 Å². The van der Waals surface area contributed by atoms with E-state index in [1.807, 2.05) is 0 Å². The zero-order valence-corrected chi connectivity index (χ0v) is 8.41. The number of nitrogens with zero attached hydrogens (tertiary/aromatic N) is 1. The van der Waals surface area contributed by atoms with E-state index in [1.54, 1.807) is 6.92 Å². The highest BCUT2D eigenvalue weighted by atomic mass is 32.2. The quantitative estimate of drug-likeness (QED) is 0.367. The van der Waals surface area contributed by atoms with Gasteiger partial charge in [-0.05, 0) is 13.3 Å². The molecule has 0 aromatic carbocycles. The van der Waals surface area contributed by atoms with Gasteiger partial charge in [0.15, 0.2) is 0 Å². The molecular formula is C6H13NO5S. The Morgan fingerprint density at radius 1 is 1.46 bits per heavy atom. The number of nitro groups is 1. The van der Waals surface area contributed by atoms with Gasteiger partial charge in [-0.3, -0.25) is 14.3 Å². The van der Waals surface area contributed by atoms with Crippen molar-refractivity contribution in [2.45, 2.75) is 32.1 Å². The summed E-state index contributed by atoms with van der Waals surface area (Å²) in [5.41, 5.74) is 0. The molecule has 0 aliphatic heterocycles. The van der Waals surface area contributed by atoms with Gasteiger partial charge in [0.2, 0.25) is 0 Å². The Morgan fingerprint density at radius 2 is 2.00 bits per heavy atom. The fourth-order valence-corrected chi connectivity index (χ4v) is 2.07. The Kier molecular flexibility index (Phi) is 4.86. The van der Waals surface area contributed by atoms with Crippen LogP contribution < -0.4 is 0 Å². The first kappa shape index (κ1) is 12.3. The van der Waals surface area contributed by atoms with E-state index >= 15 is 0 Å². The zero-order chi connectivity index (χ0) is 10.5. The molecule has 1 atom stereocenters. The molecule has 0 aromatic heterocycles. The van der Waals surface area contributed by atoms with Gasteiger partial charge in [-0.2, -0.15) is 8.42 Å². The summed E-state index contributed by atoms with van der Waals surface area (Å²) in [4.78, 5) is 9.53. The van der Waals surface area contributed by atoms with E-state index in [0.717, 1.165) is 0 Å². The molecule has 0 radical (unpaired) electrons. The van der Waals surface area contributed by atoms with Crippen molar-refractivity contribution in [3.05, 3.63) is 10.1 Å². The molecule has 0 fully saturated rings. The van der Waals surface area contributed by atoms with Crippen LogP contribution in [0.5, 0.6) is 0 Å². The summed E-state index contributed by atoms with van der Waals surface area (Å²) in [5.74, 6) is 0. The van der Waals surface area contributed by atoms with Crippen LogP contribution in [0.15, 0.2) is 0 Å². The van der Waals surface area contributed by atoms with Crippen LogP contribution in [0.3, 0.4) is 0 Å². The molecule has 0 spiro atoms. The van der Waals surface area contributed by atoms with Gasteiger partial charge in [-0.25, -0.2) is 0 Å². The summed E-state index contributed by atoms with van der Waals surface area (Å²) in [6, 6.07) is 0. The Bertz CT molecular complexity index is 260. The maximum absolute atomic E-state index is 11.1. The molecule has 0 amide bonds. The van der Waals surface area contributed by atoms with E-state index in [1.165, 1.54) is 6.92 Å². The normalized spacial score (nSPS) is 14.0. The third-order valence-electron chi connectivity index (χ3n) is 1.39. The van der Waals surface area contributed by atoms with Crippen molar-refractivity contribution in [2.24, 2.45) is 0 Å². The molecule has 0 aliphatic carbocycles. The fourth-order valence-electron chi connectivity index (χ4n) is 0.845. The Hall–Kier alpha value is -0.690. The summed E-state index contributed by atoms with van der Waals surface area (Å²) in [7, 11) is -4.03. The molecule has 0 aliphatic rings. The van der Waals surface area contributed by atoms with Gasteiger partial charge < -0.3 is 0 Å². The first-order valence-corrected chi connectivity index (χ1v) is 5.44. The van der Waals surface area contributed by atoms with Crippen molar-refractivity contribution in [2.75, 3.05) is 6.61 Å². The highest BCUT2D eigenvalue weighted by Crippen LogP contribution is 2.11. The van der Waals surface area contributed by atoms with E-state index in [-0.39, 0.29) is 13.0 Å². The van der Waals surface area contributed by atoms with Crippen LogP contribution in [0.25, 0.3) is 0 Å². The third kappa shape index (κ3) is 3.69. The lowest BCUT2D eigenvalue weighted by Crippen LogP contribution is -2.31. The predicted molar refractivity (Wildman–Crippen MR) is 46.2 cm³/mol. The smallest absolute Gasteiger partial charge is 0.265 e. The summed E-state index contributed by atoms with van der Waals surface area (Å²) < 4.78 is 26.5. The third-order valence-corrected chi connectivity index (χ3v) is 3.02. The van der Waals surface area contributed by atoms with Crippen molar-refractivity contribution in [3.63, 3.8) is 0 Å². The number of hydrogen-bond donors (Lipinski definition) is 0. The van der Waals surface area contributed by atoms with Crippen molar-refractivity contribution in [1.82, 2.24) is 0 Å². The molecule has 7 heteroatoms. The Morgan fingerprint density at radius 3 is 2.31 bits per heavy atom. The van der Waals surface area contributed by atoms with Crippen LogP contribution in [-0.2, 0) is 14.3 Å². The lowest BCUT2D eigenvalue weighted by molar-refractivity contribution is -0.499. The largest absolute Gasteiger partial charge is 0.337 e. The van der Waals surface area contributed by atoms with Crippen molar-refractivity contribution < 1.29 is 17.5 Å². The molecule has 0 rings (SSSR count). The van der Waals surface area contributed by atoms with Gasteiger partial charge in [0.1, 0.15) is 0 Å². The van der Waals surface area contributed by atoms with Gasteiger partial charge in [0.25, 0.3) is 0 Å². The second-order valence-corrected chi connectivity index (χ2v) is 4.19. The maximum atomic E-state index is 11.1. The fraction of sp³-hybridized carbons (Fsp3) is 1.00. The molecule has 0 saturated heterocycles. The van der Waals surface area contributed by atoms with E-state index in [4.69, 9.17) is 0 Å². The second kappa shape index (κ2) is 5.13. The minimum absolute atomic E-state index is 0.0185. The maximum Gasteiger partial charge on any atom is 0.337 e. The SMILES string of the molecule is CCCC([N+](=O)[O-])S(=O)(=O)OCC. The van der Waals surface area contributed by atoms with Gasteiger partial charge in [0.05, 0.1) is 6.61 Å². The van der Waals surface area contributed by atoms with Crippen LogP contribution in [0.2, 0.25) is 0 Å². The van der Waals surface area contributed by atoms with Gasteiger partial charge in [0, 0.05) is 11.3 Å². The average molecular weight is 211 g/mol. The molecule has 1 unspecified atom stereocenters. The van der Waals surface area contributed by atoms with Crippen LogP contribution in [0.1, 0.15) is 26.7 Å². The van der Waals surface area contributed by atoms with Gasteiger partial charge in [-0.1, -0.05) is 6.92 Å². The topological polar surface area (TPSA) is 86.5 Å². The summed E-state index contributed by atoms with van der Waals surface area (Å²) in [6.45, 7) is 3.08. The van der Waals surface area contributed by atoms with Crippen LogP contribution in [0, 0.1) is 10.1 Å². The van der Waals surface area contributed by atoms with Crippen molar-refractivity contribution in [1.29, 1.82) is 0 Å². The molecule has 78 valence electrons. The monoisotopic (exact) mass is 211 g/mol. The molecule has 6 nitrogen and oxygen atoms in total. The van der Waals surface area contributed by atoms with Crippen LogP contribution >= 0.6 is 0 Å². The Labute approximate surface area is 77.2 Å². The Balaban J connectivity index is 4.63. The first-order chi connectivity index (χ1) is 5.95. The zero-order valence-electron chi connectivity index (χ0n) is 7.60. The average Bonchev–Trinajstić information content (AvgIpc) is 1.99. The lowest BCUT2D eigenvalue weighted by Gasteiger charge is -2.08. The summed E-state index contributed by atoms with van der Waals surface area (Å²) in [6.07, 6.45) is 0.410. The highest BCUT2D eigenvalue weighted by molar-refractivity contribution is 7.87. The highest BCUT2D eigenvalue weighted by Gasteiger charge is 2.35. The molecule has 0 bridgehead atoms. The van der Waals surface area contributed by atoms with E-state index in [9.17, 15) is 18.5 Å². The standard InChI is InChI=1S/C6H13NO5S/c1-3-5-6(7(8)9)13(10,11)12-4-2/h6H,3-5H2,1-2H3.